The molecule has 0 aromatic heterocycles. The van der Waals surface area contributed by atoms with Crippen LogP contribution < -0.4 is 15.0 Å². The Kier molecular flexibility index (Phi) is 5.35. The number of nitro groups is 1. The van der Waals surface area contributed by atoms with E-state index in [1.165, 1.54) is 37.4 Å². The van der Waals surface area contributed by atoms with Gasteiger partial charge in [0.2, 0.25) is 5.91 Å². The number of anilines is 1. The summed E-state index contributed by atoms with van der Waals surface area (Å²) in [6.07, 6.45) is 1.07. The molecule has 1 fully saturated rings. The van der Waals surface area contributed by atoms with Crippen molar-refractivity contribution in [3.05, 3.63) is 58.1 Å². The molecule has 148 valence electrons. The number of aryl methyl sites for hydroxylation is 1. The second-order valence-electron chi connectivity index (χ2n) is 6.15. The molecule has 1 aliphatic heterocycles. The first kappa shape index (κ1) is 19.7. The molecule has 3 rings (SSSR count). The number of nitrogens with zero attached hydrogens (tertiary/aromatic N) is 3. The Morgan fingerprint density at radius 2 is 1.97 bits per heavy atom. The Morgan fingerprint density at radius 1 is 1.21 bits per heavy atom. The second-order valence-corrected chi connectivity index (χ2v) is 6.15. The van der Waals surface area contributed by atoms with E-state index in [0.29, 0.717) is 11.3 Å². The summed E-state index contributed by atoms with van der Waals surface area (Å²) in [5.74, 6) is -2.57. The normalized spacial score (nSPS) is 16.8. The summed E-state index contributed by atoms with van der Waals surface area (Å²) in [5, 5.41) is 13.1. The molecule has 10 heteroatoms. The van der Waals surface area contributed by atoms with E-state index in [1.807, 2.05) is 0 Å². The van der Waals surface area contributed by atoms with Crippen LogP contribution in [-0.2, 0) is 9.59 Å². The minimum Gasteiger partial charge on any atom is -0.497 e. The van der Waals surface area contributed by atoms with Crippen molar-refractivity contribution < 1.29 is 24.0 Å². The Balaban J connectivity index is 1.93. The van der Waals surface area contributed by atoms with Gasteiger partial charge in [0, 0.05) is 24.4 Å². The maximum atomic E-state index is 12.8. The summed E-state index contributed by atoms with van der Waals surface area (Å²) in [6, 6.07) is 9.44. The summed E-state index contributed by atoms with van der Waals surface area (Å²) in [5.41, 5.74) is 0.917. The predicted molar refractivity (Wildman–Crippen MR) is 103 cm³/mol. The highest BCUT2D eigenvalue weighted by Gasteiger charge is 2.40. The van der Waals surface area contributed by atoms with Crippen LogP contribution in [-0.4, -0.2) is 36.1 Å². The van der Waals surface area contributed by atoms with Gasteiger partial charge < -0.3 is 4.74 Å². The highest BCUT2D eigenvalue weighted by Crippen LogP contribution is 2.27. The standard InChI is InChI=1S/C19H16N4O6/c1-11-6-7-13(23(27)28)9-16(11)20-10-15-17(24)21-19(26)22(18(15)25)12-4-3-5-14(8-12)29-2/h3-10,15H,1-2H3,(H,21,24,26)/t15-/m1/s1. The molecular formula is C19H16N4O6. The lowest BCUT2D eigenvalue weighted by Crippen LogP contribution is -2.58. The first-order valence-corrected chi connectivity index (χ1v) is 8.44. The van der Waals surface area contributed by atoms with E-state index in [0.717, 1.165) is 11.1 Å². The molecule has 0 unspecified atom stereocenters. The Bertz CT molecular complexity index is 1050. The van der Waals surface area contributed by atoms with E-state index in [9.17, 15) is 24.5 Å². The van der Waals surface area contributed by atoms with Crippen molar-refractivity contribution in [2.45, 2.75) is 6.92 Å². The first-order valence-electron chi connectivity index (χ1n) is 8.44. The van der Waals surface area contributed by atoms with Crippen molar-refractivity contribution in [2.24, 2.45) is 10.9 Å². The number of rotatable bonds is 5. The van der Waals surface area contributed by atoms with Crippen LogP contribution >= 0.6 is 0 Å². The minimum atomic E-state index is -1.38. The van der Waals surface area contributed by atoms with Crippen LogP contribution in [0.1, 0.15) is 5.56 Å². The van der Waals surface area contributed by atoms with Gasteiger partial charge in [0.25, 0.3) is 11.6 Å². The molecule has 10 nitrogen and oxygen atoms in total. The van der Waals surface area contributed by atoms with Gasteiger partial charge >= 0.3 is 6.03 Å². The van der Waals surface area contributed by atoms with Gasteiger partial charge in [0.05, 0.1) is 23.4 Å². The quantitative estimate of drug-likeness (QED) is 0.357. The van der Waals surface area contributed by atoms with Crippen LogP contribution in [0, 0.1) is 23.0 Å². The Hall–Kier alpha value is -4.08. The fraction of sp³-hybridized carbons (Fsp3) is 0.158. The number of imide groups is 2. The zero-order chi connectivity index (χ0) is 21.1. The molecule has 0 spiro atoms. The van der Waals surface area contributed by atoms with E-state index in [1.54, 1.807) is 19.1 Å². The van der Waals surface area contributed by atoms with Crippen LogP contribution in [0.5, 0.6) is 5.75 Å². The molecule has 2 aromatic rings. The number of ether oxygens (including phenoxy) is 1. The number of carbonyl (C=O) groups is 3. The molecule has 0 saturated carbocycles. The Morgan fingerprint density at radius 3 is 2.66 bits per heavy atom. The van der Waals surface area contributed by atoms with Crippen molar-refractivity contribution in [3.63, 3.8) is 0 Å². The fourth-order valence-corrected chi connectivity index (χ4v) is 2.72. The van der Waals surface area contributed by atoms with Crippen molar-refractivity contribution in [1.82, 2.24) is 5.32 Å². The molecule has 1 N–H and O–H groups in total. The number of amides is 4. The van der Waals surface area contributed by atoms with Crippen molar-refractivity contribution in [3.8, 4) is 5.75 Å². The van der Waals surface area contributed by atoms with Crippen LogP contribution in [0.25, 0.3) is 0 Å². The number of hydrogen-bond acceptors (Lipinski definition) is 7. The lowest BCUT2D eigenvalue weighted by atomic mass is 10.1. The third-order valence-electron chi connectivity index (χ3n) is 4.28. The third kappa shape index (κ3) is 3.95. The average Bonchev–Trinajstić information content (AvgIpc) is 2.68. The highest BCUT2D eigenvalue weighted by molar-refractivity contribution is 6.32. The number of carbonyl (C=O) groups excluding carboxylic acids is 3. The van der Waals surface area contributed by atoms with E-state index < -0.39 is 28.7 Å². The third-order valence-corrected chi connectivity index (χ3v) is 4.28. The number of methoxy groups -OCH3 is 1. The molecule has 1 heterocycles. The number of nitro benzene ring substituents is 1. The summed E-state index contributed by atoms with van der Waals surface area (Å²) < 4.78 is 5.10. The summed E-state index contributed by atoms with van der Waals surface area (Å²) in [4.78, 5) is 52.5. The predicted octanol–water partition coefficient (Wildman–Crippen LogP) is 2.51. The van der Waals surface area contributed by atoms with Crippen LogP contribution in [0.3, 0.4) is 0 Å². The lowest BCUT2D eigenvalue weighted by molar-refractivity contribution is -0.384. The molecule has 0 radical (unpaired) electrons. The molecule has 0 bridgehead atoms. The number of urea groups is 1. The van der Waals surface area contributed by atoms with Crippen molar-refractivity contribution in [1.29, 1.82) is 0 Å². The minimum absolute atomic E-state index is 0.171. The molecule has 4 amide bonds. The fourth-order valence-electron chi connectivity index (χ4n) is 2.72. The van der Waals surface area contributed by atoms with Crippen molar-refractivity contribution >= 4 is 41.1 Å². The van der Waals surface area contributed by atoms with Crippen LogP contribution in [0.15, 0.2) is 47.5 Å². The van der Waals surface area contributed by atoms with E-state index >= 15 is 0 Å². The molecule has 29 heavy (non-hydrogen) atoms. The van der Waals surface area contributed by atoms with Crippen LogP contribution in [0.2, 0.25) is 0 Å². The first-order chi connectivity index (χ1) is 13.8. The second kappa shape index (κ2) is 7.89. The maximum absolute atomic E-state index is 12.8. The number of nitrogens with one attached hydrogen (secondary N) is 1. The molecular weight excluding hydrogens is 380 g/mol. The SMILES string of the molecule is COc1cccc(N2C(=O)NC(=O)[C@@H](C=Nc3cc([N+](=O)[O-])ccc3C)C2=O)c1. The monoisotopic (exact) mass is 396 g/mol. The molecule has 1 atom stereocenters. The number of non-ortho nitro benzene ring substituents is 1. The van der Waals surface area contributed by atoms with Crippen molar-refractivity contribution in [2.75, 3.05) is 12.0 Å². The molecule has 1 saturated heterocycles. The smallest absolute Gasteiger partial charge is 0.335 e. The summed E-state index contributed by atoms with van der Waals surface area (Å²) >= 11 is 0. The zero-order valence-electron chi connectivity index (χ0n) is 15.5. The van der Waals surface area contributed by atoms with Gasteiger partial charge in [-0.3, -0.25) is 30.0 Å². The molecule has 0 aliphatic carbocycles. The number of hydrogen-bond donors (Lipinski definition) is 1. The van der Waals surface area contributed by atoms with Gasteiger partial charge in [-0.2, -0.15) is 0 Å². The average molecular weight is 396 g/mol. The number of benzene rings is 2. The van der Waals surface area contributed by atoms with Gasteiger partial charge in [-0.05, 0) is 24.6 Å². The Labute approximate surface area is 164 Å². The number of barbiturate groups is 1. The highest BCUT2D eigenvalue weighted by atomic mass is 16.6. The summed E-state index contributed by atoms with van der Waals surface area (Å²) in [6.45, 7) is 1.69. The van der Waals surface area contributed by atoms with Gasteiger partial charge in [0.1, 0.15) is 5.75 Å². The van der Waals surface area contributed by atoms with Gasteiger partial charge in [-0.15, -0.1) is 0 Å². The largest absolute Gasteiger partial charge is 0.497 e. The molecule has 1 aliphatic rings. The van der Waals surface area contributed by atoms with E-state index in [2.05, 4.69) is 10.3 Å². The van der Waals surface area contributed by atoms with Gasteiger partial charge in [0.15, 0.2) is 5.92 Å². The maximum Gasteiger partial charge on any atom is 0.335 e. The van der Waals surface area contributed by atoms with Crippen LogP contribution in [0.4, 0.5) is 21.9 Å². The summed E-state index contributed by atoms with van der Waals surface area (Å²) in [7, 11) is 1.44. The zero-order valence-corrected chi connectivity index (χ0v) is 15.5. The van der Waals surface area contributed by atoms with Gasteiger partial charge in [-0.1, -0.05) is 12.1 Å². The van der Waals surface area contributed by atoms with Gasteiger partial charge in [-0.25, -0.2) is 9.69 Å². The van der Waals surface area contributed by atoms with E-state index in [4.69, 9.17) is 4.74 Å². The number of aliphatic imine (C=N–C) groups is 1. The topological polar surface area (TPSA) is 131 Å². The lowest BCUT2D eigenvalue weighted by Gasteiger charge is -2.28. The molecule has 2 aromatic carbocycles. The van der Waals surface area contributed by atoms with E-state index in [-0.39, 0.29) is 17.1 Å².